The van der Waals surface area contributed by atoms with Crippen molar-refractivity contribution in [1.29, 1.82) is 0 Å². The first-order chi connectivity index (χ1) is 9.99. The van der Waals surface area contributed by atoms with Gasteiger partial charge in [-0.3, -0.25) is 4.79 Å². The van der Waals surface area contributed by atoms with Gasteiger partial charge in [-0.1, -0.05) is 26.1 Å². The molecule has 1 aliphatic rings. The lowest BCUT2D eigenvalue weighted by atomic mass is 9.95. The van der Waals surface area contributed by atoms with Crippen molar-refractivity contribution in [3.05, 3.63) is 18.2 Å². The van der Waals surface area contributed by atoms with E-state index in [1.54, 1.807) is 18.2 Å². The molecule has 0 saturated carbocycles. The SMILES string of the molecule is CC(C)C(C(=O)Nc1ccc2c(c1)OCCCO2)C(N)=S. The summed E-state index contributed by atoms with van der Waals surface area (Å²) in [7, 11) is 0. The molecule has 1 aromatic carbocycles. The number of hydrogen-bond donors (Lipinski definition) is 2. The van der Waals surface area contributed by atoms with Crippen LogP contribution in [0.5, 0.6) is 11.5 Å². The van der Waals surface area contributed by atoms with Gasteiger partial charge in [0.2, 0.25) is 5.91 Å². The Bertz CT molecular complexity index is 546. The number of ether oxygens (including phenoxy) is 2. The molecule has 2 rings (SSSR count). The van der Waals surface area contributed by atoms with E-state index in [4.69, 9.17) is 27.4 Å². The molecule has 1 aromatic rings. The summed E-state index contributed by atoms with van der Waals surface area (Å²) in [5.41, 5.74) is 6.29. The van der Waals surface area contributed by atoms with Crippen molar-refractivity contribution in [2.45, 2.75) is 20.3 Å². The van der Waals surface area contributed by atoms with Gasteiger partial charge < -0.3 is 20.5 Å². The van der Waals surface area contributed by atoms with Crippen molar-refractivity contribution < 1.29 is 14.3 Å². The molecule has 21 heavy (non-hydrogen) atoms. The molecule has 5 nitrogen and oxygen atoms in total. The number of benzene rings is 1. The first-order valence-corrected chi connectivity index (χ1v) is 7.39. The predicted octanol–water partition coefficient (Wildman–Crippen LogP) is 2.34. The van der Waals surface area contributed by atoms with Crippen LogP contribution in [-0.4, -0.2) is 24.1 Å². The Labute approximate surface area is 129 Å². The summed E-state index contributed by atoms with van der Waals surface area (Å²) in [6.45, 7) is 5.07. The fourth-order valence-electron chi connectivity index (χ4n) is 2.22. The number of thiocarbonyl (C=S) groups is 1. The zero-order chi connectivity index (χ0) is 15.4. The van der Waals surface area contributed by atoms with Crippen LogP contribution in [0.3, 0.4) is 0 Å². The zero-order valence-corrected chi connectivity index (χ0v) is 13.0. The molecule has 1 unspecified atom stereocenters. The van der Waals surface area contributed by atoms with Crippen LogP contribution >= 0.6 is 12.2 Å². The van der Waals surface area contributed by atoms with Gasteiger partial charge in [-0.2, -0.15) is 0 Å². The van der Waals surface area contributed by atoms with E-state index < -0.39 is 5.92 Å². The van der Waals surface area contributed by atoms with E-state index in [1.165, 1.54) is 0 Å². The number of nitrogens with two attached hydrogens (primary N) is 1. The average Bonchev–Trinajstić information content (AvgIpc) is 2.62. The number of amides is 1. The second-order valence-corrected chi connectivity index (χ2v) is 5.80. The van der Waals surface area contributed by atoms with Gasteiger partial charge in [0, 0.05) is 18.2 Å². The molecule has 1 amide bonds. The molecule has 0 spiro atoms. The number of rotatable bonds is 4. The lowest BCUT2D eigenvalue weighted by Crippen LogP contribution is -2.36. The minimum Gasteiger partial charge on any atom is -0.490 e. The lowest BCUT2D eigenvalue weighted by Gasteiger charge is -2.19. The predicted molar refractivity (Wildman–Crippen MR) is 85.8 cm³/mol. The van der Waals surface area contributed by atoms with Crippen LogP contribution < -0.4 is 20.5 Å². The normalized spacial score (nSPS) is 15.2. The first kappa shape index (κ1) is 15.6. The van der Waals surface area contributed by atoms with Gasteiger partial charge in [-0.25, -0.2) is 0 Å². The van der Waals surface area contributed by atoms with Gasteiger partial charge in [-0.05, 0) is 18.1 Å². The summed E-state index contributed by atoms with van der Waals surface area (Å²) in [6, 6.07) is 5.33. The molecule has 0 aromatic heterocycles. The van der Waals surface area contributed by atoms with Gasteiger partial charge in [0.1, 0.15) is 0 Å². The molecule has 3 N–H and O–H groups in total. The van der Waals surface area contributed by atoms with Gasteiger partial charge in [0.05, 0.1) is 24.1 Å². The summed E-state index contributed by atoms with van der Waals surface area (Å²) in [4.78, 5) is 12.5. The standard InChI is InChI=1S/C15H20N2O3S/c1-9(2)13(14(16)21)15(18)17-10-4-5-11-12(8-10)20-7-3-6-19-11/h4-5,8-9,13H,3,6-7H2,1-2H3,(H2,16,21)(H,17,18). The minimum absolute atomic E-state index is 0.0444. The van der Waals surface area contributed by atoms with Gasteiger partial charge in [0.15, 0.2) is 11.5 Å². The molecular formula is C15H20N2O3S. The highest BCUT2D eigenvalue weighted by molar-refractivity contribution is 7.80. The molecule has 0 fully saturated rings. The van der Waals surface area contributed by atoms with E-state index in [-0.39, 0.29) is 16.8 Å². The van der Waals surface area contributed by atoms with Crippen molar-refractivity contribution >= 4 is 28.8 Å². The Morgan fingerprint density at radius 2 is 1.95 bits per heavy atom. The molecule has 0 bridgehead atoms. The van der Waals surface area contributed by atoms with E-state index in [0.717, 1.165) is 6.42 Å². The zero-order valence-electron chi connectivity index (χ0n) is 12.2. The molecular weight excluding hydrogens is 288 g/mol. The average molecular weight is 308 g/mol. The fourth-order valence-corrected chi connectivity index (χ4v) is 2.60. The molecule has 1 heterocycles. The van der Waals surface area contributed by atoms with Gasteiger partial charge in [-0.15, -0.1) is 0 Å². The molecule has 6 heteroatoms. The minimum atomic E-state index is -0.490. The summed E-state index contributed by atoms with van der Waals surface area (Å²) in [5, 5.41) is 2.83. The second-order valence-electron chi connectivity index (χ2n) is 5.33. The van der Waals surface area contributed by atoms with E-state index in [1.807, 2.05) is 13.8 Å². The number of hydrogen-bond acceptors (Lipinski definition) is 4. The fraction of sp³-hybridized carbons (Fsp3) is 0.467. The maximum absolute atomic E-state index is 12.3. The number of carbonyl (C=O) groups is 1. The van der Waals surface area contributed by atoms with Crippen LogP contribution in [0.2, 0.25) is 0 Å². The highest BCUT2D eigenvalue weighted by atomic mass is 32.1. The van der Waals surface area contributed by atoms with Gasteiger partial charge in [0.25, 0.3) is 0 Å². The van der Waals surface area contributed by atoms with Crippen LogP contribution in [0, 0.1) is 11.8 Å². The first-order valence-electron chi connectivity index (χ1n) is 6.99. The van der Waals surface area contributed by atoms with E-state index in [9.17, 15) is 4.79 Å². The van der Waals surface area contributed by atoms with Crippen molar-refractivity contribution in [3.63, 3.8) is 0 Å². The quantitative estimate of drug-likeness (QED) is 0.835. The van der Waals surface area contributed by atoms with E-state index in [2.05, 4.69) is 5.32 Å². The third kappa shape index (κ3) is 3.85. The van der Waals surface area contributed by atoms with Gasteiger partial charge >= 0.3 is 0 Å². The Hall–Kier alpha value is -1.82. The summed E-state index contributed by atoms with van der Waals surface area (Å²) in [5.74, 6) is 0.688. The van der Waals surface area contributed by atoms with Crippen LogP contribution in [0.15, 0.2) is 18.2 Å². The van der Waals surface area contributed by atoms with Crippen LogP contribution in [-0.2, 0) is 4.79 Å². The maximum atomic E-state index is 12.3. The Morgan fingerprint density at radius 3 is 2.57 bits per heavy atom. The van der Waals surface area contributed by atoms with E-state index in [0.29, 0.717) is 30.4 Å². The highest BCUT2D eigenvalue weighted by Gasteiger charge is 2.25. The number of anilines is 1. The number of carbonyl (C=O) groups excluding carboxylic acids is 1. The summed E-state index contributed by atoms with van der Waals surface area (Å²) < 4.78 is 11.2. The molecule has 1 aliphatic heterocycles. The Balaban J connectivity index is 2.14. The second kappa shape index (κ2) is 6.76. The highest BCUT2D eigenvalue weighted by Crippen LogP contribution is 2.32. The van der Waals surface area contributed by atoms with E-state index >= 15 is 0 Å². The monoisotopic (exact) mass is 308 g/mol. The maximum Gasteiger partial charge on any atom is 0.234 e. The van der Waals surface area contributed by atoms with Crippen LogP contribution in [0.4, 0.5) is 5.69 Å². The van der Waals surface area contributed by atoms with Crippen molar-refractivity contribution in [1.82, 2.24) is 0 Å². The molecule has 114 valence electrons. The summed E-state index contributed by atoms with van der Waals surface area (Å²) >= 11 is 4.97. The molecule has 0 saturated heterocycles. The Kier molecular flexibility index (Phi) is 5.01. The van der Waals surface area contributed by atoms with Crippen molar-refractivity contribution in [2.24, 2.45) is 17.6 Å². The third-order valence-corrected chi connectivity index (χ3v) is 3.52. The van der Waals surface area contributed by atoms with Crippen molar-refractivity contribution in [3.8, 4) is 11.5 Å². The third-order valence-electron chi connectivity index (χ3n) is 3.27. The van der Waals surface area contributed by atoms with Crippen molar-refractivity contribution in [2.75, 3.05) is 18.5 Å². The topological polar surface area (TPSA) is 73.6 Å². The smallest absolute Gasteiger partial charge is 0.234 e. The largest absolute Gasteiger partial charge is 0.490 e. The number of fused-ring (bicyclic) bond motifs is 1. The lowest BCUT2D eigenvalue weighted by molar-refractivity contribution is -0.118. The van der Waals surface area contributed by atoms with Crippen LogP contribution in [0.1, 0.15) is 20.3 Å². The molecule has 0 aliphatic carbocycles. The summed E-state index contributed by atoms with van der Waals surface area (Å²) in [6.07, 6.45) is 0.841. The molecule has 0 radical (unpaired) electrons. The Morgan fingerprint density at radius 1 is 1.29 bits per heavy atom. The molecule has 1 atom stereocenters. The number of nitrogens with one attached hydrogen (secondary N) is 1. The van der Waals surface area contributed by atoms with Crippen LogP contribution in [0.25, 0.3) is 0 Å².